The molecule has 1 amide bonds. The summed E-state index contributed by atoms with van der Waals surface area (Å²) in [6.07, 6.45) is 1.83. The molecule has 3 nitrogen and oxygen atoms in total. The molecular weight excluding hydrogens is 243 g/mol. The Bertz CT molecular complexity index is 475. The Balaban J connectivity index is 2.03. The fourth-order valence-corrected chi connectivity index (χ4v) is 2.51. The van der Waals surface area contributed by atoms with Crippen molar-refractivity contribution in [3.05, 3.63) is 35.1 Å². The maximum Gasteiger partial charge on any atom is 0.254 e. The molecule has 2 unspecified atom stereocenters. The Kier molecular flexibility index (Phi) is 4.20. The Labute approximate surface area is 113 Å². The summed E-state index contributed by atoms with van der Waals surface area (Å²) in [6.45, 7) is 4.78. The van der Waals surface area contributed by atoms with Crippen LogP contribution in [0.2, 0.25) is 0 Å². The molecule has 0 saturated carbocycles. The van der Waals surface area contributed by atoms with Gasteiger partial charge in [0.25, 0.3) is 5.91 Å². The van der Waals surface area contributed by atoms with Crippen molar-refractivity contribution in [3.63, 3.8) is 0 Å². The number of carbonyl (C=O) groups excluding carboxylic acids is 1. The van der Waals surface area contributed by atoms with Crippen molar-refractivity contribution in [1.29, 1.82) is 0 Å². The Morgan fingerprint density at radius 1 is 1.47 bits per heavy atom. The molecule has 0 aromatic heterocycles. The van der Waals surface area contributed by atoms with Crippen molar-refractivity contribution in [2.24, 2.45) is 0 Å². The van der Waals surface area contributed by atoms with Crippen LogP contribution >= 0.6 is 0 Å². The summed E-state index contributed by atoms with van der Waals surface area (Å²) >= 11 is 0. The van der Waals surface area contributed by atoms with Crippen molar-refractivity contribution in [2.45, 2.75) is 38.8 Å². The number of hydrogen-bond acceptors (Lipinski definition) is 2. The molecule has 0 spiro atoms. The third kappa shape index (κ3) is 3.13. The van der Waals surface area contributed by atoms with Gasteiger partial charge in [-0.1, -0.05) is 12.1 Å². The first-order chi connectivity index (χ1) is 8.99. The van der Waals surface area contributed by atoms with Crippen LogP contribution in [0.4, 0.5) is 4.39 Å². The van der Waals surface area contributed by atoms with Crippen molar-refractivity contribution in [3.8, 4) is 0 Å². The van der Waals surface area contributed by atoms with Gasteiger partial charge in [0, 0.05) is 18.6 Å². The molecule has 1 aromatic carbocycles. The zero-order chi connectivity index (χ0) is 14.0. The van der Waals surface area contributed by atoms with Crippen LogP contribution < -0.4 is 5.32 Å². The first-order valence-corrected chi connectivity index (χ1v) is 6.75. The van der Waals surface area contributed by atoms with Gasteiger partial charge in [0.05, 0.1) is 5.56 Å². The van der Waals surface area contributed by atoms with Crippen LogP contribution in [0, 0.1) is 12.7 Å². The summed E-state index contributed by atoms with van der Waals surface area (Å²) in [5.41, 5.74) is 0.649. The molecule has 1 aliphatic heterocycles. The van der Waals surface area contributed by atoms with E-state index in [1.54, 1.807) is 19.1 Å². The summed E-state index contributed by atoms with van der Waals surface area (Å²) in [7, 11) is 2.09. The summed E-state index contributed by atoms with van der Waals surface area (Å²) in [5, 5.41) is 2.95. The average Bonchev–Trinajstić information content (AvgIpc) is 2.37. The predicted octanol–water partition coefficient (Wildman–Crippen LogP) is 2.35. The van der Waals surface area contributed by atoms with E-state index in [0.29, 0.717) is 11.6 Å². The van der Waals surface area contributed by atoms with E-state index in [9.17, 15) is 9.18 Å². The number of aryl methyl sites for hydroxylation is 1. The minimum atomic E-state index is -0.416. The maximum atomic E-state index is 13.9. The second kappa shape index (κ2) is 5.70. The Hall–Kier alpha value is -1.42. The highest BCUT2D eigenvalue weighted by Gasteiger charge is 2.25. The van der Waals surface area contributed by atoms with Crippen LogP contribution in [0.3, 0.4) is 0 Å². The average molecular weight is 264 g/mol. The number of carbonyl (C=O) groups is 1. The topological polar surface area (TPSA) is 32.3 Å². The first-order valence-electron chi connectivity index (χ1n) is 6.75. The van der Waals surface area contributed by atoms with E-state index in [1.165, 1.54) is 6.07 Å². The lowest BCUT2D eigenvalue weighted by atomic mass is 9.98. The zero-order valence-corrected chi connectivity index (χ0v) is 11.7. The Morgan fingerprint density at radius 3 is 2.89 bits per heavy atom. The minimum Gasteiger partial charge on any atom is -0.349 e. The molecular formula is C15H21FN2O. The number of amides is 1. The lowest BCUT2D eigenvalue weighted by molar-refractivity contribution is 0.0892. The van der Waals surface area contributed by atoms with Crippen LogP contribution in [0.5, 0.6) is 0 Å². The molecule has 1 heterocycles. The number of benzene rings is 1. The molecule has 1 fully saturated rings. The highest BCUT2D eigenvalue weighted by Crippen LogP contribution is 2.17. The van der Waals surface area contributed by atoms with Crippen LogP contribution in [0.25, 0.3) is 0 Å². The van der Waals surface area contributed by atoms with Crippen LogP contribution in [0.1, 0.15) is 35.7 Å². The van der Waals surface area contributed by atoms with Gasteiger partial charge in [-0.05, 0) is 45.4 Å². The normalized spacial score (nSPS) is 24.2. The van der Waals surface area contributed by atoms with Gasteiger partial charge in [0.2, 0.25) is 0 Å². The van der Waals surface area contributed by atoms with E-state index < -0.39 is 5.82 Å². The molecule has 2 rings (SSSR count). The standard InChI is InChI=1S/C15H21FN2O/c1-10-5-4-6-13(14(10)16)15(19)17-12-7-8-18(3)11(2)9-12/h4-6,11-12H,7-9H2,1-3H3,(H,17,19). The monoisotopic (exact) mass is 264 g/mol. The van der Waals surface area contributed by atoms with Gasteiger partial charge in [-0.25, -0.2) is 4.39 Å². The Morgan fingerprint density at radius 2 is 2.21 bits per heavy atom. The lowest BCUT2D eigenvalue weighted by Gasteiger charge is -2.35. The third-order valence-electron chi connectivity index (χ3n) is 3.98. The van der Waals surface area contributed by atoms with E-state index >= 15 is 0 Å². The van der Waals surface area contributed by atoms with Gasteiger partial charge < -0.3 is 10.2 Å². The van der Waals surface area contributed by atoms with Gasteiger partial charge in [-0.15, -0.1) is 0 Å². The fraction of sp³-hybridized carbons (Fsp3) is 0.533. The van der Waals surface area contributed by atoms with Crippen LogP contribution in [-0.2, 0) is 0 Å². The van der Waals surface area contributed by atoms with Crippen molar-refractivity contribution < 1.29 is 9.18 Å². The third-order valence-corrected chi connectivity index (χ3v) is 3.98. The van der Waals surface area contributed by atoms with Gasteiger partial charge in [-0.2, -0.15) is 0 Å². The number of nitrogens with one attached hydrogen (secondary N) is 1. The van der Waals surface area contributed by atoms with Gasteiger partial charge >= 0.3 is 0 Å². The lowest BCUT2D eigenvalue weighted by Crippen LogP contribution is -2.47. The number of hydrogen-bond donors (Lipinski definition) is 1. The molecule has 0 radical (unpaired) electrons. The highest BCUT2D eigenvalue weighted by atomic mass is 19.1. The number of rotatable bonds is 2. The number of halogens is 1. The van der Waals surface area contributed by atoms with Gasteiger partial charge in [0.15, 0.2) is 0 Å². The van der Waals surface area contributed by atoms with Gasteiger partial charge in [-0.3, -0.25) is 4.79 Å². The van der Waals surface area contributed by atoms with Crippen molar-refractivity contribution in [2.75, 3.05) is 13.6 Å². The second-order valence-corrected chi connectivity index (χ2v) is 5.46. The molecule has 4 heteroatoms. The molecule has 1 saturated heterocycles. The highest BCUT2D eigenvalue weighted by molar-refractivity contribution is 5.94. The summed E-state index contributed by atoms with van der Waals surface area (Å²) in [6, 6.07) is 5.50. The van der Waals surface area contributed by atoms with Gasteiger partial charge in [0.1, 0.15) is 5.82 Å². The molecule has 1 aromatic rings. The summed E-state index contributed by atoms with van der Waals surface area (Å²) in [5.74, 6) is -0.719. The first kappa shape index (κ1) is 14.0. The molecule has 104 valence electrons. The predicted molar refractivity (Wildman–Crippen MR) is 73.7 cm³/mol. The van der Waals surface area contributed by atoms with E-state index in [2.05, 4.69) is 24.2 Å². The summed E-state index contributed by atoms with van der Waals surface area (Å²) in [4.78, 5) is 14.4. The van der Waals surface area contributed by atoms with Crippen LogP contribution in [0.15, 0.2) is 18.2 Å². The fourth-order valence-electron chi connectivity index (χ4n) is 2.51. The molecule has 1 aliphatic rings. The quantitative estimate of drug-likeness (QED) is 0.889. The molecule has 0 aliphatic carbocycles. The number of piperidine rings is 1. The zero-order valence-electron chi connectivity index (χ0n) is 11.7. The maximum absolute atomic E-state index is 13.9. The smallest absolute Gasteiger partial charge is 0.254 e. The summed E-state index contributed by atoms with van der Waals surface area (Å²) < 4.78 is 13.9. The minimum absolute atomic E-state index is 0.138. The molecule has 19 heavy (non-hydrogen) atoms. The number of likely N-dealkylation sites (tertiary alicyclic amines) is 1. The van der Waals surface area contributed by atoms with E-state index in [4.69, 9.17) is 0 Å². The molecule has 1 N–H and O–H groups in total. The van der Waals surface area contributed by atoms with E-state index in [-0.39, 0.29) is 17.5 Å². The van der Waals surface area contributed by atoms with E-state index in [0.717, 1.165) is 19.4 Å². The second-order valence-electron chi connectivity index (χ2n) is 5.46. The largest absolute Gasteiger partial charge is 0.349 e. The van der Waals surface area contributed by atoms with Crippen LogP contribution in [-0.4, -0.2) is 36.5 Å². The van der Waals surface area contributed by atoms with Crippen molar-refractivity contribution >= 4 is 5.91 Å². The molecule has 2 atom stereocenters. The van der Waals surface area contributed by atoms with E-state index in [1.807, 2.05) is 0 Å². The molecule has 0 bridgehead atoms. The SMILES string of the molecule is Cc1cccc(C(=O)NC2CCN(C)C(C)C2)c1F. The van der Waals surface area contributed by atoms with Crippen molar-refractivity contribution in [1.82, 2.24) is 10.2 Å². The number of nitrogens with zero attached hydrogens (tertiary/aromatic N) is 1.